The summed E-state index contributed by atoms with van der Waals surface area (Å²) in [5.74, 6) is 0. The molecule has 2 atom stereocenters. The summed E-state index contributed by atoms with van der Waals surface area (Å²) < 4.78 is 25.2. The maximum absolute atomic E-state index is 7.20. The molecule has 0 rings (SSSR count). The van der Waals surface area contributed by atoms with Gasteiger partial charge in [0.25, 0.3) is 0 Å². The molecule has 0 bridgehead atoms. The third kappa shape index (κ3) is 11.2. The first-order valence-electron chi connectivity index (χ1n) is 11.1. The number of hydrogen-bond acceptors (Lipinski definition) is 3. The molecule has 25 heavy (non-hydrogen) atoms. The molecule has 0 aromatic carbocycles. The predicted octanol–water partition coefficient (Wildman–Crippen LogP) is 7.16. The Morgan fingerprint density at radius 1 is 0.520 bits per heavy atom. The standard InChI is InChI=1S/2C4H9O.2C4H9.2C2H5.O.2Sn/c2*1-2-3-4-5;2*1-3-4-2;2*1-2;;;/h2*2-4H2,1H3;2*1,3-4H2,2H3;2*1H2,2H3;;;/q2*-1;;;;;;2*+1. The average molecular weight is 572 g/mol. The second-order valence-electron chi connectivity index (χ2n) is 7.24. The molecule has 0 amide bonds. The van der Waals surface area contributed by atoms with Crippen molar-refractivity contribution in [3.8, 4) is 0 Å². The van der Waals surface area contributed by atoms with E-state index in [2.05, 4.69) is 41.5 Å². The van der Waals surface area contributed by atoms with Crippen molar-refractivity contribution in [3.63, 3.8) is 0 Å². The summed E-state index contributed by atoms with van der Waals surface area (Å²) in [4.78, 5) is 0. The van der Waals surface area contributed by atoms with Gasteiger partial charge < -0.3 is 0 Å². The fourth-order valence-electron chi connectivity index (χ4n) is 3.04. The van der Waals surface area contributed by atoms with E-state index >= 15 is 0 Å². The van der Waals surface area contributed by atoms with Crippen molar-refractivity contribution in [2.24, 2.45) is 0 Å². The molecule has 0 N–H and O–H groups in total. The molecule has 0 fully saturated rings. The van der Waals surface area contributed by atoms with Crippen LogP contribution in [0.3, 0.4) is 0 Å². The molecule has 0 aliphatic heterocycles. The summed E-state index contributed by atoms with van der Waals surface area (Å²) in [7, 11) is 0. The zero-order valence-corrected chi connectivity index (χ0v) is 23.8. The molecule has 0 aromatic rings. The Morgan fingerprint density at radius 3 is 1.16 bits per heavy atom. The van der Waals surface area contributed by atoms with Crippen LogP contribution >= 0.6 is 0 Å². The van der Waals surface area contributed by atoms with E-state index in [0.29, 0.717) is 0 Å². The van der Waals surface area contributed by atoms with Gasteiger partial charge in [0.15, 0.2) is 0 Å². The van der Waals surface area contributed by atoms with Crippen LogP contribution in [-0.4, -0.2) is 51.6 Å². The third-order valence-corrected chi connectivity index (χ3v) is 38.1. The van der Waals surface area contributed by atoms with Gasteiger partial charge in [-0.2, -0.15) is 0 Å². The number of unbranched alkanes of at least 4 members (excludes halogenated alkanes) is 4. The summed E-state index contributed by atoms with van der Waals surface area (Å²) in [6.07, 6.45) is 9.70. The molecular formula is C20H46O3Sn2. The first-order chi connectivity index (χ1) is 12.1. The van der Waals surface area contributed by atoms with Crippen LogP contribution < -0.4 is 0 Å². The van der Waals surface area contributed by atoms with Gasteiger partial charge in [-0.1, -0.05) is 0 Å². The van der Waals surface area contributed by atoms with Crippen LogP contribution in [0.2, 0.25) is 17.7 Å². The Labute approximate surface area is 168 Å². The van der Waals surface area contributed by atoms with E-state index in [-0.39, 0.29) is 0 Å². The number of rotatable bonds is 18. The monoisotopic (exact) mass is 574 g/mol. The van der Waals surface area contributed by atoms with Crippen molar-refractivity contribution in [3.05, 3.63) is 0 Å². The van der Waals surface area contributed by atoms with Gasteiger partial charge in [-0.3, -0.25) is 0 Å². The summed E-state index contributed by atoms with van der Waals surface area (Å²) in [6, 6.07) is 0. The van der Waals surface area contributed by atoms with Gasteiger partial charge >= 0.3 is 170 Å². The molecule has 152 valence electrons. The Bertz CT molecular complexity index is 277. The van der Waals surface area contributed by atoms with Crippen molar-refractivity contribution in [1.29, 1.82) is 0 Å². The first kappa shape index (κ1) is 26.5. The molecule has 2 unspecified atom stereocenters. The van der Waals surface area contributed by atoms with E-state index < -0.39 is 38.4 Å². The van der Waals surface area contributed by atoms with E-state index in [9.17, 15) is 0 Å². The van der Waals surface area contributed by atoms with Crippen LogP contribution in [0, 0.1) is 0 Å². The summed E-state index contributed by atoms with van der Waals surface area (Å²) in [5, 5.41) is 0. The normalized spacial score (nSPS) is 16.6. The molecule has 0 aromatic heterocycles. The quantitative estimate of drug-likeness (QED) is 0.129. The van der Waals surface area contributed by atoms with E-state index in [1.165, 1.54) is 47.4 Å². The Kier molecular flexibility index (Phi) is 17.4. The zero-order chi connectivity index (χ0) is 19.0. The van der Waals surface area contributed by atoms with Crippen LogP contribution in [0.4, 0.5) is 0 Å². The molecular weight excluding hydrogens is 526 g/mol. The Hall–Kier alpha value is 1.48. The molecule has 0 aliphatic carbocycles. The van der Waals surface area contributed by atoms with Gasteiger partial charge in [-0.05, 0) is 0 Å². The van der Waals surface area contributed by atoms with Gasteiger partial charge in [0, 0.05) is 0 Å². The Morgan fingerprint density at radius 2 is 0.880 bits per heavy atom. The van der Waals surface area contributed by atoms with E-state index in [1.807, 2.05) is 0 Å². The summed E-state index contributed by atoms with van der Waals surface area (Å²) >= 11 is -6.01. The SMILES string of the molecule is CCCC[O][Sn]([CH2]C)([CH2]CCC)[O][Sn]([CH2]C)([CH2]CCC)[O]CCCC. The third-order valence-electron chi connectivity index (χ3n) is 5.00. The Balaban J connectivity index is 5.26. The van der Waals surface area contributed by atoms with Gasteiger partial charge in [0.2, 0.25) is 0 Å². The summed E-state index contributed by atoms with van der Waals surface area (Å²) in [5.41, 5.74) is 0. The fourth-order valence-corrected chi connectivity index (χ4v) is 43.4. The number of hydrogen-bond donors (Lipinski definition) is 0. The molecule has 0 aliphatic rings. The zero-order valence-electron chi connectivity index (χ0n) is 18.1. The van der Waals surface area contributed by atoms with Crippen LogP contribution in [-0.2, 0) is 7.56 Å². The van der Waals surface area contributed by atoms with Crippen LogP contribution in [0.1, 0.15) is 92.9 Å². The van der Waals surface area contributed by atoms with E-state index in [1.54, 1.807) is 0 Å². The first-order valence-corrected chi connectivity index (χ1v) is 23.8. The fraction of sp³-hybridized carbons (Fsp3) is 1.00. The van der Waals surface area contributed by atoms with Gasteiger partial charge in [0.1, 0.15) is 0 Å². The van der Waals surface area contributed by atoms with Gasteiger partial charge in [0.05, 0.1) is 0 Å². The predicted molar refractivity (Wildman–Crippen MR) is 115 cm³/mol. The van der Waals surface area contributed by atoms with Crippen molar-refractivity contribution >= 4 is 38.4 Å². The van der Waals surface area contributed by atoms with Crippen LogP contribution in [0.15, 0.2) is 0 Å². The average Bonchev–Trinajstić information content (AvgIpc) is 2.64. The van der Waals surface area contributed by atoms with Crippen molar-refractivity contribution in [1.82, 2.24) is 0 Å². The molecule has 0 heterocycles. The van der Waals surface area contributed by atoms with Crippen LogP contribution in [0.5, 0.6) is 0 Å². The molecule has 0 saturated heterocycles. The molecule has 0 radical (unpaired) electrons. The van der Waals surface area contributed by atoms with Gasteiger partial charge in [-0.25, -0.2) is 0 Å². The second kappa shape index (κ2) is 16.4. The minimum atomic E-state index is -3.01. The summed E-state index contributed by atoms with van der Waals surface area (Å²) in [6.45, 7) is 15.5. The topological polar surface area (TPSA) is 27.7 Å². The van der Waals surface area contributed by atoms with E-state index in [4.69, 9.17) is 7.56 Å². The van der Waals surface area contributed by atoms with Gasteiger partial charge in [-0.15, -0.1) is 0 Å². The molecule has 0 spiro atoms. The molecule has 0 saturated carbocycles. The van der Waals surface area contributed by atoms with Crippen molar-refractivity contribution in [2.45, 2.75) is 111 Å². The minimum absolute atomic E-state index is 0.901. The second-order valence-corrected chi connectivity index (χ2v) is 30.7. The van der Waals surface area contributed by atoms with Crippen LogP contribution in [0.25, 0.3) is 0 Å². The van der Waals surface area contributed by atoms with E-state index in [0.717, 1.165) is 34.9 Å². The maximum atomic E-state index is 7.20. The van der Waals surface area contributed by atoms with Crippen molar-refractivity contribution in [2.75, 3.05) is 13.2 Å². The molecule has 5 heteroatoms. The molecule has 3 nitrogen and oxygen atoms in total. The van der Waals surface area contributed by atoms with Crippen molar-refractivity contribution < 1.29 is 7.56 Å².